The van der Waals surface area contributed by atoms with Gasteiger partial charge in [0.1, 0.15) is 0 Å². The Morgan fingerprint density at radius 2 is 0.682 bits per heavy atom. The van der Waals surface area contributed by atoms with Crippen molar-refractivity contribution in [2.75, 3.05) is 13.2 Å². The molecule has 14 radical (unpaired) electrons. The van der Waals surface area contributed by atoms with Crippen LogP contribution in [0, 0.1) is 41.5 Å². The van der Waals surface area contributed by atoms with Gasteiger partial charge in [0.15, 0.2) is 0 Å². The molecule has 10 heteroatoms. The van der Waals surface area contributed by atoms with Gasteiger partial charge in [0, 0.05) is 47.8 Å². The first-order valence-electron chi connectivity index (χ1n) is 15.4. The maximum absolute atomic E-state index is 11.2. The standard InChI is InChI=1S/C10H18N2O6.6C4H9.2Sn/c1-15-5-3-7(11)17-9(13)10(14)18-8(12)4-6-16-2;6*1-3-4-2;;/h7-8H,1-6,11-12H2;6*1,3-4H2,2H3;;. The van der Waals surface area contributed by atoms with Crippen LogP contribution in [-0.2, 0) is 18.3 Å². The van der Waals surface area contributed by atoms with Crippen LogP contribution in [0.15, 0.2) is 11.9 Å². The van der Waals surface area contributed by atoms with Crippen LogP contribution >= 0.6 is 0 Å². The normalized spacial score (nSPS) is 10.3. The molecule has 0 aromatic rings. The Bertz CT molecular complexity index is 404. The molecule has 262 valence electrons. The van der Waals surface area contributed by atoms with Crippen LogP contribution in [0.2, 0.25) is 0 Å². The Morgan fingerprint density at radius 1 is 0.523 bits per heavy atom. The van der Waals surface area contributed by atoms with Crippen molar-refractivity contribution in [3.05, 3.63) is 53.4 Å². The van der Waals surface area contributed by atoms with Crippen molar-refractivity contribution in [1.29, 1.82) is 0 Å². The van der Waals surface area contributed by atoms with Crippen molar-refractivity contribution >= 4 is 61.4 Å². The van der Waals surface area contributed by atoms with Gasteiger partial charge >= 0.3 is 0 Å². The Labute approximate surface area is 310 Å². The predicted molar refractivity (Wildman–Crippen MR) is 191 cm³/mol. The third-order valence-electron chi connectivity index (χ3n) is 3.90. The molecule has 8 nitrogen and oxygen atoms in total. The number of ether oxygens (including phenoxy) is 2. The van der Waals surface area contributed by atoms with Gasteiger partial charge in [0.05, 0.1) is 37.2 Å². The van der Waals surface area contributed by atoms with E-state index in [1.165, 1.54) is 38.5 Å². The van der Waals surface area contributed by atoms with E-state index in [0.29, 0.717) is 0 Å². The molecule has 0 saturated heterocycles. The molecule has 0 heterocycles. The van der Waals surface area contributed by atoms with Gasteiger partial charge in [-0.05, 0) is 0 Å². The molecule has 0 aliphatic heterocycles. The average Bonchev–Trinajstić information content (AvgIpc) is 3.03. The average molecular weight is 842 g/mol. The molecule has 0 spiro atoms. The van der Waals surface area contributed by atoms with Crippen LogP contribution < -0.4 is 21.7 Å². The number of carbonyl (C=O) groups excluding carboxylic acids is 2. The fourth-order valence-electron chi connectivity index (χ4n) is 0.888. The monoisotopic (exact) mass is 844 g/mol. The van der Waals surface area contributed by atoms with Crippen molar-refractivity contribution in [2.24, 2.45) is 11.5 Å². The number of rotatable bonds is 16. The second-order valence-corrected chi connectivity index (χ2v) is 8.40. The summed E-state index contributed by atoms with van der Waals surface area (Å²) in [6.07, 6.45) is 12.2. The molecule has 0 fully saturated rings. The maximum Gasteiger partial charge on any atom is 0.273 e. The van der Waals surface area contributed by atoms with Crippen LogP contribution in [-0.4, -0.2) is 87.1 Å². The third-order valence-corrected chi connectivity index (χ3v) is 3.90. The zero-order chi connectivity index (χ0) is 34.5. The summed E-state index contributed by atoms with van der Waals surface area (Å²) in [6.45, 7) is 41.0. The van der Waals surface area contributed by atoms with E-state index in [-0.39, 0.29) is 73.9 Å². The molecule has 2 unspecified atom stereocenters. The first-order chi connectivity index (χ1) is 20.0. The zero-order valence-electron chi connectivity index (χ0n) is 29.7. The van der Waals surface area contributed by atoms with Crippen LogP contribution in [0.5, 0.6) is 0 Å². The Kier molecular flexibility index (Phi) is 111. The summed E-state index contributed by atoms with van der Waals surface area (Å²) < 4.78 is 18.1. The minimum Gasteiger partial charge on any atom is -0.595 e. The zero-order valence-corrected chi connectivity index (χ0v) is 35.4. The first kappa shape index (κ1) is 66.3. The van der Waals surface area contributed by atoms with Gasteiger partial charge in [-0.2, -0.15) is 0 Å². The minimum absolute atomic E-state index is 0. The molecule has 0 aliphatic rings. The number of hydrogen-bond acceptors (Lipinski definition) is 6. The molecule has 0 aliphatic carbocycles. The van der Waals surface area contributed by atoms with Gasteiger partial charge in [-0.25, -0.2) is 0 Å². The van der Waals surface area contributed by atoms with E-state index in [1.807, 2.05) is 0 Å². The summed E-state index contributed by atoms with van der Waals surface area (Å²) in [4.78, 5) is 0. The van der Waals surface area contributed by atoms with Gasteiger partial charge in [-0.3, -0.25) is 8.85 Å². The second kappa shape index (κ2) is 73.9. The molecule has 2 atom stereocenters. The summed E-state index contributed by atoms with van der Waals surface area (Å²) in [5.74, 6) is -2.42. The van der Waals surface area contributed by atoms with Crippen molar-refractivity contribution in [3.63, 3.8) is 0 Å². The molecule has 0 saturated carbocycles. The molecule has 0 aromatic carbocycles. The molecule has 0 rings (SSSR count). The summed E-state index contributed by atoms with van der Waals surface area (Å²) in [5, 5.41) is 22.4. The number of nitrogens with two attached hydrogens (primary N) is 2. The van der Waals surface area contributed by atoms with E-state index in [0.717, 1.165) is 38.5 Å². The van der Waals surface area contributed by atoms with Crippen LogP contribution in [0.4, 0.5) is 0 Å². The van der Waals surface area contributed by atoms with Crippen molar-refractivity contribution in [1.82, 2.24) is 0 Å². The maximum atomic E-state index is 11.2. The third kappa shape index (κ3) is 105. The SMILES string of the molecule is C=[O+]CCC(N)OC([O-])=C([O-])OC(N)CC[O+]=C.[CH2]CCC.[CH2]CCC.[CH2]CCC.[CH2]CCC.[CH2]CCC.[CH2]CCC.[Sn].[Sn]. The van der Waals surface area contributed by atoms with Gasteiger partial charge in [-0.15, -0.1) is 0 Å². The Balaban J connectivity index is -0.0000000552. The molecule has 0 amide bonds. The smallest absolute Gasteiger partial charge is 0.273 e. The summed E-state index contributed by atoms with van der Waals surface area (Å²) in [6, 6.07) is 0. The van der Waals surface area contributed by atoms with E-state index in [4.69, 9.17) is 11.5 Å². The van der Waals surface area contributed by atoms with E-state index in [2.05, 4.69) is 115 Å². The van der Waals surface area contributed by atoms with Gasteiger partial charge in [0.25, 0.3) is 26.8 Å². The Morgan fingerprint density at radius 3 is 0.795 bits per heavy atom. The van der Waals surface area contributed by atoms with E-state index < -0.39 is 24.3 Å². The van der Waals surface area contributed by atoms with E-state index in [1.54, 1.807) is 0 Å². The molecule has 44 heavy (non-hydrogen) atoms. The predicted octanol–water partition coefficient (Wildman–Crippen LogP) is 5.91. The summed E-state index contributed by atoms with van der Waals surface area (Å²) in [5.41, 5.74) is 10.8. The first-order valence-corrected chi connectivity index (χ1v) is 15.4. The number of hydrogen-bond donors (Lipinski definition) is 2. The number of unbranched alkanes of at least 4 members (excludes halogenated alkanes) is 6. The van der Waals surface area contributed by atoms with Crippen LogP contribution in [0.1, 0.15) is 131 Å². The van der Waals surface area contributed by atoms with E-state index in [9.17, 15) is 10.2 Å². The van der Waals surface area contributed by atoms with Gasteiger partial charge in [-0.1, -0.05) is 160 Å². The van der Waals surface area contributed by atoms with Gasteiger partial charge in [0.2, 0.25) is 0 Å². The largest absolute Gasteiger partial charge is 0.595 e. The second-order valence-electron chi connectivity index (χ2n) is 8.40. The molecule has 0 bridgehead atoms. The molecular formula is C34H72N2O6Sn2. The minimum atomic E-state index is -1.21. The van der Waals surface area contributed by atoms with E-state index >= 15 is 0 Å². The Hall–Kier alpha value is -0.203. The van der Waals surface area contributed by atoms with Crippen LogP contribution in [0.25, 0.3) is 0 Å². The summed E-state index contributed by atoms with van der Waals surface area (Å²) in [7, 11) is 0. The molecular weight excluding hydrogens is 770 g/mol. The topological polar surface area (TPSA) is 139 Å². The molecule has 0 aromatic heterocycles. The van der Waals surface area contributed by atoms with Crippen molar-refractivity contribution < 1.29 is 28.5 Å². The van der Waals surface area contributed by atoms with Crippen LogP contribution in [0.3, 0.4) is 0 Å². The van der Waals surface area contributed by atoms with Gasteiger partial charge < -0.3 is 31.2 Å². The fraction of sp³-hybridized carbons (Fsp3) is 0.706. The van der Waals surface area contributed by atoms with Crippen molar-refractivity contribution in [2.45, 2.75) is 144 Å². The summed E-state index contributed by atoms with van der Waals surface area (Å²) >= 11 is 0. The fourth-order valence-corrected chi connectivity index (χ4v) is 0.888. The molecule has 4 N–H and O–H groups in total. The van der Waals surface area contributed by atoms with Crippen molar-refractivity contribution in [3.8, 4) is 0 Å². The quantitative estimate of drug-likeness (QED) is 0.0859.